The third kappa shape index (κ3) is 5.69. The fourth-order valence-electron chi connectivity index (χ4n) is 1.42. The number of halogens is 2. The molecule has 0 bridgehead atoms. The van der Waals surface area contributed by atoms with Gasteiger partial charge in [-0.2, -0.15) is 0 Å². The van der Waals surface area contributed by atoms with Crippen molar-refractivity contribution >= 4 is 11.6 Å². The molecule has 0 spiro atoms. The van der Waals surface area contributed by atoms with E-state index < -0.39 is 0 Å². The Bertz CT molecular complexity index is 377. The molecule has 0 amide bonds. The van der Waals surface area contributed by atoms with Crippen LogP contribution in [-0.2, 0) is 6.54 Å². The fraction of sp³-hybridized carbons (Fsp3) is 0.571. The Morgan fingerprint density at radius 3 is 2.67 bits per heavy atom. The van der Waals surface area contributed by atoms with E-state index in [1.165, 1.54) is 0 Å². The molecule has 4 heteroatoms. The lowest BCUT2D eigenvalue weighted by molar-refractivity contribution is 0.285. The Morgan fingerprint density at radius 1 is 1.33 bits per heavy atom. The first-order valence-electron chi connectivity index (χ1n) is 6.14. The third-order valence-electron chi connectivity index (χ3n) is 2.37. The van der Waals surface area contributed by atoms with Gasteiger partial charge in [-0.3, -0.25) is 4.39 Å². The second kappa shape index (κ2) is 6.95. The van der Waals surface area contributed by atoms with E-state index in [2.05, 4.69) is 26.1 Å². The van der Waals surface area contributed by atoms with Crippen molar-refractivity contribution in [3.63, 3.8) is 0 Å². The van der Waals surface area contributed by atoms with E-state index in [0.717, 1.165) is 11.3 Å². The Hall–Kier alpha value is -0.800. The van der Waals surface area contributed by atoms with Gasteiger partial charge in [0.25, 0.3) is 0 Å². The summed E-state index contributed by atoms with van der Waals surface area (Å²) in [6.45, 7) is 7.00. The van der Waals surface area contributed by atoms with Crippen molar-refractivity contribution < 1.29 is 9.13 Å². The smallest absolute Gasteiger partial charge is 0.123 e. The zero-order chi connectivity index (χ0) is 13.6. The van der Waals surface area contributed by atoms with Gasteiger partial charge in [-0.15, -0.1) is 0 Å². The molecule has 1 aromatic rings. The zero-order valence-electron chi connectivity index (χ0n) is 11.2. The molecular formula is C14H21ClFNO. The minimum absolute atomic E-state index is 0.0263. The predicted molar refractivity (Wildman–Crippen MR) is 74.1 cm³/mol. The Morgan fingerprint density at radius 2 is 2.06 bits per heavy atom. The van der Waals surface area contributed by atoms with Crippen molar-refractivity contribution in [2.75, 3.05) is 13.3 Å². The van der Waals surface area contributed by atoms with E-state index in [0.29, 0.717) is 24.6 Å². The highest BCUT2D eigenvalue weighted by Crippen LogP contribution is 2.23. The van der Waals surface area contributed by atoms with Crippen LogP contribution in [0, 0.1) is 0 Å². The normalized spacial score (nSPS) is 11.6. The largest absolute Gasteiger partial charge is 0.493 e. The number of alkyl halides is 1. The first kappa shape index (κ1) is 15.3. The lowest BCUT2D eigenvalue weighted by atomic mass is 10.1. The van der Waals surface area contributed by atoms with Gasteiger partial charge >= 0.3 is 0 Å². The average Bonchev–Trinajstić information content (AvgIpc) is 2.28. The highest BCUT2D eigenvalue weighted by molar-refractivity contribution is 6.30. The van der Waals surface area contributed by atoms with Crippen LogP contribution in [0.5, 0.6) is 5.75 Å². The molecule has 1 N–H and O–H groups in total. The van der Waals surface area contributed by atoms with Gasteiger partial charge in [-0.1, -0.05) is 11.6 Å². The molecule has 0 heterocycles. The first-order valence-corrected chi connectivity index (χ1v) is 6.52. The van der Waals surface area contributed by atoms with E-state index >= 15 is 0 Å². The number of nitrogens with one attached hydrogen (secondary N) is 1. The van der Waals surface area contributed by atoms with Gasteiger partial charge in [0.1, 0.15) is 5.75 Å². The maximum Gasteiger partial charge on any atom is 0.123 e. The van der Waals surface area contributed by atoms with Crippen LogP contribution in [0.2, 0.25) is 5.02 Å². The summed E-state index contributed by atoms with van der Waals surface area (Å²) in [6.07, 6.45) is 0.411. The molecule has 0 aliphatic carbocycles. The highest BCUT2D eigenvalue weighted by atomic mass is 35.5. The van der Waals surface area contributed by atoms with Crippen LogP contribution in [0.3, 0.4) is 0 Å². The van der Waals surface area contributed by atoms with E-state index in [1.54, 1.807) is 6.07 Å². The van der Waals surface area contributed by atoms with Crippen LogP contribution >= 0.6 is 11.6 Å². The molecule has 0 radical (unpaired) electrons. The summed E-state index contributed by atoms with van der Waals surface area (Å²) < 4.78 is 17.6. The van der Waals surface area contributed by atoms with Gasteiger partial charge in [0, 0.05) is 29.1 Å². The van der Waals surface area contributed by atoms with Crippen molar-refractivity contribution in [3.8, 4) is 5.75 Å². The van der Waals surface area contributed by atoms with E-state index in [9.17, 15) is 4.39 Å². The molecule has 0 saturated carbocycles. The fourth-order valence-corrected chi connectivity index (χ4v) is 1.62. The monoisotopic (exact) mass is 273 g/mol. The van der Waals surface area contributed by atoms with Gasteiger partial charge in [0.2, 0.25) is 0 Å². The van der Waals surface area contributed by atoms with Crippen LogP contribution in [0.4, 0.5) is 4.39 Å². The maximum atomic E-state index is 12.1. The number of ether oxygens (including phenoxy) is 1. The van der Waals surface area contributed by atoms with Crippen LogP contribution < -0.4 is 10.1 Å². The summed E-state index contributed by atoms with van der Waals surface area (Å²) in [5.74, 6) is 0.768. The van der Waals surface area contributed by atoms with Gasteiger partial charge in [-0.05, 0) is 39.0 Å². The van der Waals surface area contributed by atoms with Gasteiger partial charge in [-0.25, -0.2) is 0 Å². The quantitative estimate of drug-likeness (QED) is 0.792. The lowest BCUT2D eigenvalue weighted by Crippen LogP contribution is -2.35. The van der Waals surface area contributed by atoms with E-state index in [1.807, 2.05) is 12.1 Å². The van der Waals surface area contributed by atoms with Gasteiger partial charge < -0.3 is 10.1 Å². The summed E-state index contributed by atoms with van der Waals surface area (Å²) >= 11 is 5.98. The summed E-state index contributed by atoms with van der Waals surface area (Å²) in [6, 6.07) is 5.50. The van der Waals surface area contributed by atoms with Gasteiger partial charge in [0.15, 0.2) is 0 Å². The van der Waals surface area contributed by atoms with Crippen LogP contribution in [0.1, 0.15) is 32.8 Å². The number of rotatable bonds is 6. The zero-order valence-corrected chi connectivity index (χ0v) is 12.0. The molecule has 0 saturated heterocycles. The Balaban J connectivity index is 2.70. The summed E-state index contributed by atoms with van der Waals surface area (Å²) in [5, 5.41) is 4.06. The predicted octanol–water partition coefficient (Wildman–Crippen LogP) is 3.97. The minimum atomic E-state index is -0.358. The molecule has 0 aromatic heterocycles. The van der Waals surface area contributed by atoms with Crippen molar-refractivity contribution in [2.45, 2.75) is 39.3 Å². The summed E-state index contributed by atoms with van der Waals surface area (Å²) in [7, 11) is 0. The van der Waals surface area contributed by atoms with Crippen LogP contribution in [-0.4, -0.2) is 18.8 Å². The SMILES string of the molecule is CC(C)(C)NCc1cc(Cl)ccc1OCCCF. The Kier molecular flexibility index (Phi) is 5.89. The highest BCUT2D eigenvalue weighted by Gasteiger charge is 2.11. The average molecular weight is 274 g/mol. The van der Waals surface area contributed by atoms with E-state index in [4.69, 9.17) is 16.3 Å². The number of benzene rings is 1. The van der Waals surface area contributed by atoms with Gasteiger partial charge in [0.05, 0.1) is 13.3 Å². The minimum Gasteiger partial charge on any atom is -0.493 e. The van der Waals surface area contributed by atoms with Crippen LogP contribution in [0.15, 0.2) is 18.2 Å². The summed E-state index contributed by atoms with van der Waals surface area (Å²) in [5.41, 5.74) is 1.02. The Labute approximate surface area is 113 Å². The summed E-state index contributed by atoms with van der Waals surface area (Å²) in [4.78, 5) is 0. The third-order valence-corrected chi connectivity index (χ3v) is 2.60. The first-order chi connectivity index (χ1) is 8.42. The van der Waals surface area contributed by atoms with Crippen molar-refractivity contribution in [2.24, 2.45) is 0 Å². The standard InChI is InChI=1S/C14H21ClFNO/c1-14(2,3)17-10-11-9-12(15)5-6-13(11)18-8-4-7-16/h5-6,9,17H,4,7-8,10H2,1-3H3. The molecule has 2 nitrogen and oxygen atoms in total. The molecule has 102 valence electrons. The molecule has 0 aliphatic heterocycles. The molecule has 0 unspecified atom stereocenters. The molecule has 0 atom stereocenters. The van der Waals surface area contributed by atoms with Crippen molar-refractivity contribution in [1.82, 2.24) is 5.32 Å². The maximum absolute atomic E-state index is 12.1. The molecule has 0 fully saturated rings. The van der Waals surface area contributed by atoms with E-state index in [-0.39, 0.29) is 12.2 Å². The van der Waals surface area contributed by atoms with Crippen molar-refractivity contribution in [3.05, 3.63) is 28.8 Å². The van der Waals surface area contributed by atoms with Crippen LogP contribution in [0.25, 0.3) is 0 Å². The topological polar surface area (TPSA) is 21.3 Å². The molecule has 0 aliphatic rings. The molecule has 18 heavy (non-hydrogen) atoms. The second-order valence-electron chi connectivity index (χ2n) is 5.25. The molecule has 1 aromatic carbocycles. The molecular weight excluding hydrogens is 253 g/mol. The van der Waals surface area contributed by atoms with Crippen molar-refractivity contribution in [1.29, 1.82) is 0 Å². The second-order valence-corrected chi connectivity index (χ2v) is 5.68. The number of hydrogen-bond acceptors (Lipinski definition) is 2. The number of hydrogen-bond donors (Lipinski definition) is 1. The molecule has 1 rings (SSSR count). The lowest BCUT2D eigenvalue weighted by Gasteiger charge is -2.21.